The average Bonchev–Trinajstić information content (AvgIpc) is 2.52. The van der Waals surface area contributed by atoms with Crippen LogP contribution in [0.1, 0.15) is 11.3 Å². The summed E-state index contributed by atoms with van der Waals surface area (Å²) in [6.45, 7) is 0.126. The molecule has 0 unspecified atom stereocenters. The van der Waals surface area contributed by atoms with Crippen LogP contribution < -0.4 is 4.74 Å². The highest BCUT2D eigenvalue weighted by Crippen LogP contribution is 2.32. The standard InChI is InChI=1S/C17H14F3NO4/c18-17(19,20)15-5-11(7-22)14(6-21-15)10-1-3-13(4-2-10)25-16(23)12-8-24-9-12/h1-6,12,22H,7-9H2. The van der Waals surface area contributed by atoms with Gasteiger partial charge in [0.2, 0.25) is 0 Å². The number of ether oxygens (including phenoxy) is 2. The van der Waals surface area contributed by atoms with Gasteiger partial charge in [-0.2, -0.15) is 13.2 Å². The zero-order valence-corrected chi connectivity index (χ0v) is 12.9. The number of hydrogen-bond acceptors (Lipinski definition) is 5. The number of esters is 1. The van der Waals surface area contributed by atoms with Gasteiger partial charge in [0.25, 0.3) is 0 Å². The van der Waals surface area contributed by atoms with E-state index in [1.807, 2.05) is 0 Å². The highest BCUT2D eigenvalue weighted by atomic mass is 19.4. The van der Waals surface area contributed by atoms with Crippen LogP contribution in [-0.2, 0) is 22.3 Å². The second-order valence-corrected chi connectivity index (χ2v) is 5.56. The Labute approximate surface area is 141 Å². The van der Waals surface area contributed by atoms with E-state index in [1.54, 1.807) is 12.1 Å². The van der Waals surface area contributed by atoms with Crippen molar-refractivity contribution in [1.82, 2.24) is 4.98 Å². The molecule has 1 aliphatic heterocycles. The maximum absolute atomic E-state index is 12.7. The van der Waals surface area contributed by atoms with Gasteiger partial charge in [-0.25, -0.2) is 0 Å². The quantitative estimate of drug-likeness (QED) is 0.676. The molecule has 2 heterocycles. The van der Waals surface area contributed by atoms with E-state index < -0.39 is 18.5 Å². The number of benzene rings is 1. The van der Waals surface area contributed by atoms with Crippen LogP contribution >= 0.6 is 0 Å². The lowest BCUT2D eigenvalue weighted by atomic mass is 10.0. The Balaban J connectivity index is 1.80. The fourth-order valence-corrected chi connectivity index (χ4v) is 2.32. The normalized spacial score (nSPS) is 14.9. The van der Waals surface area contributed by atoms with Gasteiger partial charge in [0.15, 0.2) is 0 Å². The Morgan fingerprint density at radius 1 is 1.28 bits per heavy atom. The Morgan fingerprint density at radius 2 is 1.96 bits per heavy atom. The summed E-state index contributed by atoms with van der Waals surface area (Å²) in [4.78, 5) is 15.1. The van der Waals surface area contributed by atoms with Gasteiger partial charge in [0, 0.05) is 11.8 Å². The lowest BCUT2D eigenvalue weighted by Crippen LogP contribution is -2.37. The molecule has 1 fully saturated rings. The van der Waals surface area contributed by atoms with Gasteiger partial charge in [-0.15, -0.1) is 0 Å². The molecule has 0 amide bonds. The average molecular weight is 353 g/mol. The highest BCUT2D eigenvalue weighted by molar-refractivity contribution is 5.76. The van der Waals surface area contributed by atoms with Crippen molar-refractivity contribution in [3.05, 3.63) is 47.8 Å². The van der Waals surface area contributed by atoms with E-state index in [1.165, 1.54) is 12.1 Å². The largest absolute Gasteiger partial charge is 0.433 e. The van der Waals surface area contributed by atoms with Crippen LogP contribution in [0, 0.1) is 5.92 Å². The first-order valence-electron chi connectivity index (χ1n) is 7.45. The molecule has 2 aromatic rings. The predicted octanol–water partition coefficient (Wildman–Crippen LogP) is 2.81. The van der Waals surface area contributed by atoms with Crippen LogP contribution in [0.3, 0.4) is 0 Å². The first-order valence-corrected chi connectivity index (χ1v) is 7.45. The molecule has 1 aromatic carbocycles. The zero-order chi connectivity index (χ0) is 18.0. The third kappa shape index (κ3) is 3.80. The van der Waals surface area contributed by atoms with Crippen molar-refractivity contribution in [2.45, 2.75) is 12.8 Å². The van der Waals surface area contributed by atoms with E-state index in [9.17, 15) is 23.1 Å². The van der Waals surface area contributed by atoms with Crippen LogP contribution in [0.2, 0.25) is 0 Å². The SMILES string of the molecule is O=C(Oc1ccc(-c2cnc(C(F)(F)F)cc2CO)cc1)C1COC1. The van der Waals surface area contributed by atoms with Gasteiger partial charge >= 0.3 is 12.1 Å². The minimum atomic E-state index is -4.58. The van der Waals surface area contributed by atoms with Gasteiger partial charge in [-0.05, 0) is 29.3 Å². The van der Waals surface area contributed by atoms with Crippen LogP contribution in [0.25, 0.3) is 11.1 Å². The van der Waals surface area contributed by atoms with Crippen molar-refractivity contribution >= 4 is 5.97 Å². The van der Waals surface area contributed by atoms with Crippen LogP contribution in [0.4, 0.5) is 13.2 Å². The summed E-state index contributed by atoms with van der Waals surface area (Å²) in [5.41, 5.74) is -0.0231. The monoisotopic (exact) mass is 353 g/mol. The smallest absolute Gasteiger partial charge is 0.426 e. The summed E-state index contributed by atoms with van der Waals surface area (Å²) in [5.74, 6) is -0.322. The molecule has 0 atom stereocenters. The van der Waals surface area contributed by atoms with Crippen LogP contribution in [0.5, 0.6) is 5.75 Å². The maximum Gasteiger partial charge on any atom is 0.433 e. The Bertz CT molecular complexity index is 770. The molecule has 0 radical (unpaired) electrons. The number of carbonyl (C=O) groups is 1. The van der Waals surface area contributed by atoms with E-state index in [2.05, 4.69) is 4.98 Å². The van der Waals surface area contributed by atoms with Gasteiger partial charge in [0.05, 0.1) is 19.8 Å². The minimum absolute atomic E-state index is 0.110. The highest BCUT2D eigenvalue weighted by Gasteiger charge is 2.33. The molecule has 1 saturated heterocycles. The third-order valence-corrected chi connectivity index (χ3v) is 3.81. The zero-order valence-electron chi connectivity index (χ0n) is 12.9. The van der Waals surface area contributed by atoms with Crippen molar-refractivity contribution in [2.24, 2.45) is 5.92 Å². The molecule has 8 heteroatoms. The van der Waals surface area contributed by atoms with E-state index in [0.29, 0.717) is 30.1 Å². The molecule has 1 aliphatic rings. The summed E-state index contributed by atoms with van der Waals surface area (Å²) in [7, 11) is 0. The second-order valence-electron chi connectivity index (χ2n) is 5.56. The van der Waals surface area contributed by atoms with E-state index >= 15 is 0 Å². The number of pyridine rings is 1. The number of halogens is 3. The number of aromatic nitrogens is 1. The summed E-state index contributed by atoms with van der Waals surface area (Å²) in [5, 5.41) is 9.36. The summed E-state index contributed by atoms with van der Waals surface area (Å²) < 4.78 is 48.2. The van der Waals surface area contributed by atoms with Gasteiger partial charge in [-0.1, -0.05) is 12.1 Å². The van der Waals surface area contributed by atoms with Crippen LogP contribution in [-0.4, -0.2) is 29.3 Å². The summed E-state index contributed by atoms with van der Waals surface area (Å²) in [6, 6.07) is 7.06. The molecule has 1 N–H and O–H groups in total. The number of carbonyl (C=O) groups excluding carboxylic acids is 1. The lowest BCUT2D eigenvalue weighted by Gasteiger charge is -2.23. The summed E-state index contributed by atoms with van der Waals surface area (Å²) >= 11 is 0. The summed E-state index contributed by atoms with van der Waals surface area (Å²) in [6.07, 6.45) is -3.51. The molecule has 5 nitrogen and oxygen atoms in total. The number of hydrogen-bond donors (Lipinski definition) is 1. The molecule has 1 aromatic heterocycles. The lowest BCUT2D eigenvalue weighted by molar-refractivity contribution is -0.153. The molecule has 0 bridgehead atoms. The van der Waals surface area contributed by atoms with E-state index in [4.69, 9.17) is 9.47 Å². The Kier molecular flexibility index (Phi) is 4.73. The third-order valence-electron chi connectivity index (χ3n) is 3.81. The molecule has 0 spiro atoms. The Hall–Kier alpha value is -2.45. The molecular weight excluding hydrogens is 339 g/mol. The Morgan fingerprint density at radius 3 is 2.48 bits per heavy atom. The topological polar surface area (TPSA) is 68.7 Å². The second kappa shape index (κ2) is 6.81. The van der Waals surface area contributed by atoms with Gasteiger partial charge < -0.3 is 14.6 Å². The van der Waals surface area contributed by atoms with Crippen LogP contribution in [0.15, 0.2) is 36.5 Å². The fourth-order valence-electron chi connectivity index (χ4n) is 2.32. The molecule has 0 aliphatic carbocycles. The first kappa shape index (κ1) is 17.4. The number of rotatable bonds is 4. The van der Waals surface area contributed by atoms with Crippen molar-refractivity contribution in [3.8, 4) is 16.9 Å². The van der Waals surface area contributed by atoms with Crippen molar-refractivity contribution in [2.75, 3.05) is 13.2 Å². The van der Waals surface area contributed by atoms with Gasteiger partial charge in [-0.3, -0.25) is 9.78 Å². The maximum atomic E-state index is 12.7. The van der Waals surface area contributed by atoms with E-state index in [0.717, 1.165) is 12.3 Å². The first-order chi connectivity index (χ1) is 11.9. The fraction of sp³-hybridized carbons (Fsp3) is 0.294. The predicted molar refractivity (Wildman–Crippen MR) is 80.5 cm³/mol. The number of aliphatic hydroxyl groups is 1. The minimum Gasteiger partial charge on any atom is -0.426 e. The van der Waals surface area contributed by atoms with Gasteiger partial charge in [0.1, 0.15) is 17.4 Å². The molecule has 25 heavy (non-hydrogen) atoms. The molecular formula is C17H14F3NO4. The number of alkyl halides is 3. The van der Waals surface area contributed by atoms with Crippen molar-refractivity contribution < 1.29 is 32.5 Å². The number of nitrogens with zero attached hydrogens (tertiary/aromatic N) is 1. The number of aliphatic hydroxyl groups excluding tert-OH is 1. The molecule has 0 saturated carbocycles. The van der Waals surface area contributed by atoms with Crippen molar-refractivity contribution in [1.29, 1.82) is 0 Å². The van der Waals surface area contributed by atoms with E-state index in [-0.39, 0.29) is 17.5 Å². The molecule has 3 rings (SSSR count). The van der Waals surface area contributed by atoms with Crippen molar-refractivity contribution in [3.63, 3.8) is 0 Å². The molecule has 132 valence electrons.